The van der Waals surface area contributed by atoms with Crippen molar-refractivity contribution in [3.8, 4) is 5.88 Å². The van der Waals surface area contributed by atoms with Gasteiger partial charge in [0, 0.05) is 11.6 Å². The van der Waals surface area contributed by atoms with Gasteiger partial charge in [0.25, 0.3) is 0 Å². The molecule has 1 atom stereocenters. The van der Waals surface area contributed by atoms with Gasteiger partial charge >= 0.3 is 6.18 Å². The average Bonchev–Trinajstić information content (AvgIpc) is 2.50. The number of benzene rings is 1. The third-order valence-electron chi connectivity index (χ3n) is 2.76. The monoisotopic (exact) mass is 353 g/mol. The molecule has 2 rings (SSSR count). The van der Waals surface area contributed by atoms with Crippen molar-refractivity contribution < 1.29 is 26.7 Å². The van der Waals surface area contributed by atoms with Crippen LogP contribution >= 0.6 is 11.6 Å². The van der Waals surface area contributed by atoms with Gasteiger partial charge in [0.2, 0.25) is 5.88 Å². The third-order valence-corrected chi connectivity index (χ3v) is 3.11. The Morgan fingerprint density at radius 3 is 2.39 bits per heavy atom. The molecule has 124 valence electrons. The van der Waals surface area contributed by atoms with Crippen molar-refractivity contribution in [2.75, 3.05) is 6.61 Å². The molecule has 1 heterocycles. The molecular formula is C13H9ClF5N3O. The molecular weight excluding hydrogens is 345 g/mol. The molecule has 23 heavy (non-hydrogen) atoms. The molecule has 1 aromatic carbocycles. The number of rotatable bonds is 4. The highest BCUT2D eigenvalue weighted by atomic mass is 35.5. The molecule has 0 radical (unpaired) electrons. The number of alkyl halides is 3. The van der Waals surface area contributed by atoms with E-state index in [0.29, 0.717) is 0 Å². The lowest BCUT2D eigenvalue weighted by molar-refractivity contribution is -0.154. The van der Waals surface area contributed by atoms with Crippen molar-refractivity contribution in [3.63, 3.8) is 0 Å². The van der Waals surface area contributed by atoms with Crippen molar-refractivity contribution >= 4 is 11.6 Å². The fourth-order valence-corrected chi connectivity index (χ4v) is 1.84. The summed E-state index contributed by atoms with van der Waals surface area (Å²) in [6.07, 6.45) is -4.51. The number of nitrogens with zero attached hydrogens (tertiary/aromatic N) is 2. The van der Waals surface area contributed by atoms with Crippen LogP contribution in [0.1, 0.15) is 17.3 Å². The fourth-order valence-electron chi connectivity index (χ4n) is 1.67. The van der Waals surface area contributed by atoms with Crippen LogP contribution in [-0.4, -0.2) is 23.0 Å². The van der Waals surface area contributed by atoms with Gasteiger partial charge in [-0.25, -0.2) is 8.78 Å². The zero-order valence-corrected chi connectivity index (χ0v) is 12.0. The Balaban J connectivity index is 2.18. The highest BCUT2D eigenvalue weighted by Gasteiger charge is 2.28. The van der Waals surface area contributed by atoms with Crippen molar-refractivity contribution in [2.24, 2.45) is 5.73 Å². The first-order valence-electron chi connectivity index (χ1n) is 6.11. The van der Waals surface area contributed by atoms with Crippen LogP contribution in [0.15, 0.2) is 24.3 Å². The number of hydrogen-bond donors (Lipinski definition) is 1. The first-order chi connectivity index (χ1) is 10.7. The first-order valence-corrected chi connectivity index (χ1v) is 6.49. The predicted molar refractivity (Wildman–Crippen MR) is 71.0 cm³/mol. The summed E-state index contributed by atoms with van der Waals surface area (Å²) in [5.41, 5.74) is 5.70. The molecule has 0 amide bonds. The van der Waals surface area contributed by atoms with Crippen molar-refractivity contribution in [2.45, 2.75) is 12.2 Å². The number of nitrogens with two attached hydrogens (primary N) is 1. The highest BCUT2D eigenvalue weighted by molar-refractivity contribution is 6.30. The van der Waals surface area contributed by atoms with E-state index in [1.54, 1.807) is 0 Å². The minimum Gasteiger partial charge on any atom is -0.467 e. The summed E-state index contributed by atoms with van der Waals surface area (Å²) in [6, 6.07) is 3.24. The molecule has 0 spiro atoms. The van der Waals surface area contributed by atoms with Gasteiger partial charge in [-0.1, -0.05) is 17.7 Å². The van der Waals surface area contributed by atoms with E-state index in [1.807, 2.05) is 0 Å². The zero-order chi connectivity index (χ0) is 17.2. The second kappa shape index (κ2) is 6.63. The van der Waals surface area contributed by atoms with Crippen molar-refractivity contribution in [1.82, 2.24) is 10.2 Å². The molecule has 10 heteroatoms. The molecule has 1 aromatic heterocycles. The van der Waals surface area contributed by atoms with Gasteiger partial charge in [0.05, 0.1) is 11.7 Å². The van der Waals surface area contributed by atoms with Crippen LogP contribution < -0.4 is 10.5 Å². The summed E-state index contributed by atoms with van der Waals surface area (Å²) in [4.78, 5) is 0. The Hall–Kier alpha value is -2.00. The maximum atomic E-state index is 13.9. The van der Waals surface area contributed by atoms with Crippen LogP contribution in [0.3, 0.4) is 0 Å². The van der Waals surface area contributed by atoms with Gasteiger partial charge < -0.3 is 10.5 Å². The predicted octanol–water partition coefficient (Wildman–Crippen LogP) is 3.40. The van der Waals surface area contributed by atoms with E-state index < -0.39 is 35.5 Å². The Morgan fingerprint density at radius 1 is 1.13 bits per heavy atom. The van der Waals surface area contributed by atoms with Gasteiger partial charge in [-0.05, 0) is 12.1 Å². The highest BCUT2D eigenvalue weighted by Crippen LogP contribution is 2.28. The van der Waals surface area contributed by atoms with Crippen LogP contribution in [0.25, 0.3) is 0 Å². The summed E-state index contributed by atoms with van der Waals surface area (Å²) in [7, 11) is 0. The maximum absolute atomic E-state index is 13.9. The Labute approximate surface area is 132 Å². The van der Waals surface area contributed by atoms with Crippen molar-refractivity contribution in [3.05, 3.63) is 52.2 Å². The van der Waals surface area contributed by atoms with E-state index >= 15 is 0 Å². The van der Waals surface area contributed by atoms with Gasteiger partial charge in [-0.2, -0.15) is 13.2 Å². The molecule has 2 aromatic rings. The van der Waals surface area contributed by atoms with E-state index in [9.17, 15) is 22.0 Å². The average molecular weight is 354 g/mol. The van der Waals surface area contributed by atoms with E-state index in [0.717, 1.165) is 18.2 Å². The summed E-state index contributed by atoms with van der Waals surface area (Å²) < 4.78 is 67.4. The normalized spacial score (nSPS) is 13.0. The van der Waals surface area contributed by atoms with Crippen LogP contribution in [0.2, 0.25) is 5.02 Å². The molecule has 0 aliphatic rings. The molecule has 1 unspecified atom stereocenters. The first kappa shape index (κ1) is 17.4. The van der Waals surface area contributed by atoms with Gasteiger partial charge in [0.15, 0.2) is 6.61 Å². The van der Waals surface area contributed by atoms with Crippen LogP contribution in [0.4, 0.5) is 22.0 Å². The quantitative estimate of drug-likeness (QED) is 0.676. The SMILES string of the molecule is NC(c1ccc(OCC(F)(F)F)nn1)c1ccc(F)c(Cl)c1F. The summed E-state index contributed by atoms with van der Waals surface area (Å²) in [6.45, 7) is -1.52. The lowest BCUT2D eigenvalue weighted by atomic mass is 10.0. The minimum atomic E-state index is -4.51. The van der Waals surface area contributed by atoms with Crippen molar-refractivity contribution in [1.29, 1.82) is 0 Å². The lowest BCUT2D eigenvalue weighted by Crippen LogP contribution is -2.20. The largest absolute Gasteiger partial charge is 0.467 e. The second-order valence-corrected chi connectivity index (χ2v) is 4.82. The minimum absolute atomic E-state index is 0.0472. The molecule has 0 fully saturated rings. The van der Waals surface area contributed by atoms with E-state index in [2.05, 4.69) is 14.9 Å². The topological polar surface area (TPSA) is 61.0 Å². The van der Waals surface area contributed by atoms with Crippen LogP contribution in [0.5, 0.6) is 5.88 Å². The molecule has 0 aliphatic carbocycles. The molecule has 4 nitrogen and oxygen atoms in total. The standard InChI is InChI=1S/C13H9ClF5N3O/c14-10-7(15)2-1-6(11(10)16)12(20)8-3-4-9(22-21-8)23-5-13(17,18)19/h1-4,12H,5,20H2. The van der Waals surface area contributed by atoms with E-state index in [-0.39, 0.29) is 17.1 Å². The summed E-state index contributed by atoms with van der Waals surface area (Å²) in [5, 5.41) is 6.28. The molecule has 0 bridgehead atoms. The smallest absolute Gasteiger partial charge is 0.422 e. The lowest BCUT2D eigenvalue weighted by Gasteiger charge is -2.13. The molecule has 0 aliphatic heterocycles. The summed E-state index contributed by atoms with van der Waals surface area (Å²) >= 11 is 5.46. The maximum Gasteiger partial charge on any atom is 0.422 e. The van der Waals surface area contributed by atoms with E-state index in [4.69, 9.17) is 17.3 Å². The van der Waals surface area contributed by atoms with Crippen LogP contribution in [-0.2, 0) is 0 Å². The van der Waals surface area contributed by atoms with Gasteiger partial charge in [0.1, 0.15) is 16.7 Å². The Kier molecular flexibility index (Phi) is 5.00. The fraction of sp³-hybridized carbons (Fsp3) is 0.231. The number of ether oxygens (including phenoxy) is 1. The summed E-state index contributed by atoms with van der Waals surface area (Å²) in [5.74, 6) is -2.35. The van der Waals surface area contributed by atoms with E-state index in [1.165, 1.54) is 6.07 Å². The van der Waals surface area contributed by atoms with Crippen LogP contribution in [0, 0.1) is 11.6 Å². The second-order valence-electron chi connectivity index (χ2n) is 4.44. The molecule has 0 saturated carbocycles. The van der Waals surface area contributed by atoms with Gasteiger partial charge in [-0.15, -0.1) is 10.2 Å². The molecule has 2 N–H and O–H groups in total. The number of halogens is 6. The van der Waals surface area contributed by atoms with Gasteiger partial charge in [-0.3, -0.25) is 0 Å². The zero-order valence-electron chi connectivity index (χ0n) is 11.2. The Morgan fingerprint density at radius 2 is 1.83 bits per heavy atom. The Bertz CT molecular complexity index is 693. The number of hydrogen-bond acceptors (Lipinski definition) is 4. The third kappa shape index (κ3) is 4.26. The molecule has 0 saturated heterocycles. The number of aromatic nitrogens is 2.